The van der Waals surface area contributed by atoms with E-state index in [1.165, 1.54) is 5.56 Å². The van der Waals surface area contributed by atoms with Gasteiger partial charge in [-0.15, -0.1) is 0 Å². The first-order valence-electron chi connectivity index (χ1n) is 6.16. The monoisotopic (exact) mass is 236 g/mol. The standard InChI is InChI=1S/C14H24N2O/c1-14(2,3)12-4-6-13(7-5-12)16-9-11-17-10-8-15/h4-7,16H,8-11,15H2,1-3H3. The highest BCUT2D eigenvalue weighted by atomic mass is 16.5. The molecule has 3 heteroatoms. The molecule has 0 radical (unpaired) electrons. The largest absolute Gasteiger partial charge is 0.383 e. The van der Waals surface area contributed by atoms with Crippen molar-refractivity contribution in [3.8, 4) is 0 Å². The van der Waals surface area contributed by atoms with E-state index in [1.54, 1.807) is 0 Å². The quantitative estimate of drug-likeness (QED) is 0.745. The first kappa shape index (κ1) is 14.0. The minimum atomic E-state index is 0.211. The van der Waals surface area contributed by atoms with Crippen molar-refractivity contribution < 1.29 is 4.74 Å². The van der Waals surface area contributed by atoms with Gasteiger partial charge in [-0.2, -0.15) is 0 Å². The minimum Gasteiger partial charge on any atom is -0.383 e. The van der Waals surface area contributed by atoms with Crippen LogP contribution in [0, 0.1) is 0 Å². The van der Waals surface area contributed by atoms with Crippen molar-refractivity contribution in [3.05, 3.63) is 29.8 Å². The van der Waals surface area contributed by atoms with Crippen molar-refractivity contribution >= 4 is 5.69 Å². The van der Waals surface area contributed by atoms with Crippen LogP contribution >= 0.6 is 0 Å². The zero-order valence-electron chi connectivity index (χ0n) is 11.1. The van der Waals surface area contributed by atoms with Crippen LogP contribution in [-0.2, 0) is 10.2 Å². The fraction of sp³-hybridized carbons (Fsp3) is 0.571. The number of anilines is 1. The molecule has 3 nitrogen and oxygen atoms in total. The Labute approximate surface area is 104 Å². The summed E-state index contributed by atoms with van der Waals surface area (Å²) < 4.78 is 5.30. The van der Waals surface area contributed by atoms with Gasteiger partial charge in [-0.05, 0) is 23.1 Å². The summed E-state index contributed by atoms with van der Waals surface area (Å²) in [5.74, 6) is 0. The number of nitrogens with one attached hydrogen (secondary N) is 1. The smallest absolute Gasteiger partial charge is 0.0639 e. The van der Waals surface area contributed by atoms with Crippen LogP contribution < -0.4 is 11.1 Å². The molecule has 0 aliphatic heterocycles. The highest BCUT2D eigenvalue weighted by Crippen LogP contribution is 2.23. The van der Waals surface area contributed by atoms with Gasteiger partial charge >= 0.3 is 0 Å². The van der Waals surface area contributed by atoms with Gasteiger partial charge in [0.1, 0.15) is 0 Å². The van der Waals surface area contributed by atoms with Crippen LogP contribution in [0.4, 0.5) is 5.69 Å². The molecule has 0 atom stereocenters. The highest BCUT2D eigenvalue weighted by molar-refractivity contribution is 5.45. The average Bonchev–Trinajstić information content (AvgIpc) is 2.28. The van der Waals surface area contributed by atoms with Crippen molar-refractivity contribution in [2.24, 2.45) is 5.73 Å². The van der Waals surface area contributed by atoms with Gasteiger partial charge in [0.25, 0.3) is 0 Å². The van der Waals surface area contributed by atoms with Crippen LogP contribution in [0.2, 0.25) is 0 Å². The lowest BCUT2D eigenvalue weighted by Gasteiger charge is -2.19. The lowest BCUT2D eigenvalue weighted by molar-refractivity contribution is 0.151. The first-order chi connectivity index (χ1) is 8.04. The molecular formula is C14H24N2O. The molecule has 0 heterocycles. The number of nitrogens with two attached hydrogens (primary N) is 1. The molecule has 0 unspecified atom stereocenters. The molecule has 0 spiro atoms. The predicted octanol–water partition coefficient (Wildman–Crippen LogP) is 2.37. The lowest BCUT2D eigenvalue weighted by atomic mass is 9.87. The Bertz CT molecular complexity index is 314. The molecule has 0 aromatic heterocycles. The van der Waals surface area contributed by atoms with E-state index in [1.807, 2.05) is 0 Å². The second-order valence-electron chi connectivity index (χ2n) is 5.16. The third kappa shape index (κ3) is 5.20. The number of hydrogen-bond donors (Lipinski definition) is 2. The topological polar surface area (TPSA) is 47.3 Å². The minimum absolute atomic E-state index is 0.211. The van der Waals surface area contributed by atoms with Gasteiger partial charge in [-0.25, -0.2) is 0 Å². The number of ether oxygens (including phenoxy) is 1. The Morgan fingerprint density at radius 2 is 1.76 bits per heavy atom. The van der Waals surface area contributed by atoms with Gasteiger partial charge in [0.15, 0.2) is 0 Å². The molecule has 1 aromatic carbocycles. The van der Waals surface area contributed by atoms with E-state index in [-0.39, 0.29) is 5.41 Å². The van der Waals surface area contributed by atoms with E-state index in [0.29, 0.717) is 19.8 Å². The normalized spacial score (nSPS) is 11.5. The summed E-state index contributed by atoms with van der Waals surface area (Å²) in [4.78, 5) is 0. The molecule has 1 rings (SSSR count). The van der Waals surface area contributed by atoms with Crippen LogP contribution in [0.15, 0.2) is 24.3 Å². The third-order valence-corrected chi connectivity index (χ3v) is 2.59. The maximum Gasteiger partial charge on any atom is 0.0639 e. The molecule has 17 heavy (non-hydrogen) atoms. The summed E-state index contributed by atoms with van der Waals surface area (Å²) in [6.07, 6.45) is 0. The van der Waals surface area contributed by atoms with Crippen molar-refractivity contribution in [1.29, 1.82) is 0 Å². The fourth-order valence-corrected chi connectivity index (χ4v) is 1.54. The second-order valence-corrected chi connectivity index (χ2v) is 5.16. The van der Waals surface area contributed by atoms with E-state index in [4.69, 9.17) is 10.5 Å². The van der Waals surface area contributed by atoms with E-state index in [2.05, 4.69) is 50.4 Å². The van der Waals surface area contributed by atoms with E-state index in [0.717, 1.165) is 12.2 Å². The summed E-state index contributed by atoms with van der Waals surface area (Å²) in [5, 5.41) is 3.32. The zero-order chi connectivity index (χ0) is 12.7. The molecular weight excluding hydrogens is 212 g/mol. The van der Waals surface area contributed by atoms with Crippen LogP contribution in [0.3, 0.4) is 0 Å². The molecule has 96 valence electrons. The van der Waals surface area contributed by atoms with Crippen LogP contribution in [0.1, 0.15) is 26.3 Å². The predicted molar refractivity (Wildman–Crippen MR) is 73.5 cm³/mol. The molecule has 0 fully saturated rings. The number of hydrogen-bond acceptors (Lipinski definition) is 3. The Balaban J connectivity index is 2.36. The molecule has 0 saturated carbocycles. The Morgan fingerprint density at radius 3 is 2.29 bits per heavy atom. The zero-order valence-corrected chi connectivity index (χ0v) is 11.1. The van der Waals surface area contributed by atoms with Gasteiger partial charge in [-0.1, -0.05) is 32.9 Å². The van der Waals surface area contributed by atoms with Crippen molar-refractivity contribution in [2.45, 2.75) is 26.2 Å². The third-order valence-electron chi connectivity index (χ3n) is 2.59. The molecule has 0 bridgehead atoms. The molecule has 0 amide bonds. The molecule has 1 aromatic rings. The van der Waals surface area contributed by atoms with Gasteiger partial charge in [0, 0.05) is 18.8 Å². The van der Waals surface area contributed by atoms with Gasteiger partial charge < -0.3 is 15.8 Å². The Kier molecular flexibility index (Phi) is 5.45. The molecule has 0 saturated heterocycles. The van der Waals surface area contributed by atoms with Gasteiger partial charge in [-0.3, -0.25) is 0 Å². The van der Waals surface area contributed by atoms with Crippen molar-refractivity contribution in [2.75, 3.05) is 31.6 Å². The number of rotatable bonds is 6. The Hall–Kier alpha value is -1.06. The summed E-state index contributed by atoms with van der Waals surface area (Å²) in [6.45, 7) is 9.38. The Morgan fingerprint density at radius 1 is 1.12 bits per heavy atom. The van der Waals surface area contributed by atoms with E-state index < -0.39 is 0 Å². The van der Waals surface area contributed by atoms with E-state index in [9.17, 15) is 0 Å². The lowest BCUT2D eigenvalue weighted by Crippen LogP contribution is -2.14. The average molecular weight is 236 g/mol. The van der Waals surface area contributed by atoms with Crippen LogP contribution in [0.5, 0.6) is 0 Å². The maximum absolute atomic E-state index is 5.33. The van der Waals surface area contributed by atoms with E-state index >= 15 is 0 Å². The fourth-order valence-electron chi connectivity index (χ4n) is 1.54. The summed E-state index contributed by atoms with van der Waals surface area (Å²) in [5.41, 5.74) is 8.03. The first-order valence-corrected chi connectivity index (χ1v) is 6.16. The SMILES string of the molecule is CC(C)(C)c1ccc(NCCOCCN)cc1. The summed E-state index contributed by atoms with van der Waals surface area (Å²) in [6, 6.07) is 8.57. The number of benzene rings is 1. The maximum atomic E-state index is 5.33. The van der Waals surface area contributed by atoms with Crippen molar-refractivity contribution in [1.82, 2.24) is 0 Å². The summed E-state index contributed by atoms with van der Waals surface area (Å²) >= 11 is 0. The molecule has 0 aliphatic rings. The van der Waals surface area contributed by atoms with Crippen LogP contribution in [0.25, 0.3) is 0 Å². The summed E-state index contributed by atoms with van der Waals surface area (Å²) in [7, 11) is 0. The van der Waals surface area contributed by atoms with Crippen LogP contribution in [-0.4, -0.2) is 26.3 Å². The van der Waals surface area contributed by atoms with Gasteiger partial charge in [0.05, 0.1) is 13.2 Å². The van der Waals surface area contributed by atoms with Gasteiger partial charge in [0.2, 0.25) is 0 Å². The second kappa shape index (κ2) is 6.62. The van der Waals surface area contributed by atoms with Crippen molar-refractivity contribution in [3.63, 3.8) is 0 Å². The molecule has 0 aliphatic carbocycles. The highest BCUT2D eigenvalue weighted by Gasteiger charge is 2.12. The molecule has 3 N–H and O–H groups in total.